The molecule has 0 bridgehead atoms. The highest BCUT2D eigenvalue weighted by molar-refractivity contribution is 6.30. The van der Waals surface area contributed by atoms with Crippen molar-refractivity contribution >= 4 is 23.2 Å². The van der Waals surface area contributed by atoms with Crippen LogP contribution in [0.2, 0.25) is 5.02 Å². The van der Waals surface area contributed by atoms with Crippen molar-refractivity contribution in [1.82, 2.24) is 0 Å². The lowest BCUT2D eigenvalue weighted by Crippen LogP contribution is -2.01. The molecule has 0 saturated heterocycles. The fourth-order valence-electron chi connectivity index (χ4n) is 1.73. The lowest BCUT2D eigenvalue weighted by Gasteiger charge is -2.11. The van der Waals surface area contributed by atoms with Crippen molar-refractivity contribution in [3.05, 3.63) is 63.9 Å². The van der Waals surface area contributed by atoms with Gasteiger partial charge in [-0.1, -0.05) is 23.7 Å². The molecule has 0 amide bonds. The summed E-state index contributed by atoms with van der Waals surface area (Å²) >= 11 is 11.7. The maximum absolute atomic E-state index is 13.9. The number of nitrogens with zero attached hydrogens (tertiary/aromatic N) is 1. The number of alkyl halides is 1. The number of benzene rings is 2. The highest BCUT2D eigenvalue weighted by Crippen LogP contribution is 2.25. The Morgan fingerprint density at radius 2 is 2.00 bits per heavy atom. The monoisotopic (exact) mass is 309 g/mol. The third kappa shape index (κ3) is 3.22. The average Bonchev–Trinajstić information content (AvgIpc) is 2.47. The van der Waals surface area contributed by atoms with Crippen LogP contribution >= 0.6 is 23.2 Å². The SMILES string of the molecule is N#Cc1cccc(COc2ccc(Cl)cc2CCl)c1F. The smallest absolute Gasteiger partial charge is 0.147 e. The van der Waals surface area contributed by atoms with E-state index in [-0.39, 0.29) is 18.1 Å². The molecule has 0 unspecified atom stereocenters. The first-order valence-electron chi connectivity index (χ1n) is 5.80. The summed E-state index contributed by atoms with van der Waals surface area (Å²) in [5, 5.41) is 9.34. The number of hydrogen-bond donors (Lipinski definition) is 0. The van der Waals surface area contributed by atoms with Gasteiger partial charge in [-0.05, 0) is 24.3 Å². The van der Waals surface area contributed by atoms with Crippen molar-refractivity contribution in [2.24, 2.45) is 0 Å². The Morgan fingerprint density at radius 1 is 1.20 bits per heavy atom. The Hall–Kier alpha value is -1.76. The molecular formula is C15H10Cl2FNO. The molecule has 0 aliphatic carbocycles. The van der Waals surface area contributed by atoms with Crippen molar-refractivity contribution in [1.29, 1.82) is 5.26 Å². The number of nitriles is 1. The first-order valence-corrected chi connectivity index (χ1v) is 6.71. The summed E-state index contributed by atoms with van der Waals surface area (Å²) in [6, 6.07) is 11.5. The molecule has 0 heterocycles. The van der Waals surface area contributed by atoms with Crippen LogP contribution in [0.25, 0.3) is 0 Å². The summed E-state index contributed by atoms with van der Waals surface area (Å²) < 4.78 is 19.4. The van der Waals surface area contributed by atoms with Crippen LogP contribution in [0.1, 0.15) is 16.7 Å². The lowest BCUT2D eigenvalue weighted by molar-refractivity contribution is 0.297. The molecule has 0 aromatic heterocycles. The molecule has 2 nitrogen and oxygen atoms in total. The van der Waals surface area contributed by atoms with Gasteiger partial charge in [-0.2, -0.15) is 5.26 Å². The zero-order valence-electron chi connectivity index (χ0n) is 10.4. The number of hydrogen-bond acceptors (Lipinski definition) is 2. The zero-order chi connectivity index (χ0) is 14.5. The van der Waals surface area contributed by atoms with Crippen molar-refractivity contribution in [2.75, 3.05) is 0 Å². The minimum Gasteiger partial charge on any atom is -0.488 e. The number of ether oxygens (including phenoxy) is 1. The van der Waals surface area contributed by atoms with Crippen molar-refractivity contribution in [3.8, 4) is 11.8 Å². The predicted molar refractivity (Wildman–Crippen MR) is 76.5 cm³/mol. The molecule has 20 heavy (non-hydrogen) atoms. The largest absolute Gasteiger partial charge is 0.488 e. The van der Waals surface area contributed by atoms with Gasteiger partial charge in [-0.3, -0.25) is 0 Å². The van der Waals surface area contributed by atoms with E-state index in [1.54, 1.807) is 36.4 Å². The second kappa shape index (κ2) is 6.60. The second-order valence-corrected chi connectivity index (χ2v) is 4.77. The van der Waals surface area contributed by atoms with Gasteiger partial charge in [-0.15, -0.1) is 11.6 Å². The van der Waals surface area contributed by atoms with E-state index in [1.165, 1.54) is 6.07 Å². The molecule has 0 saturated carbocycles. The van der Waals surface area contributed by atoms with Gasteiger partial charge in [-0.25, -0.2) is 4.39 Å². The van der Waals surface area contributed by atoms with Gasteiger partial charge >= 0.3 is 0 Å². The molecule has 102 valence electrons. The minimum absolute atomic E-state index is 0.000210. The number of rotatable bonds is 4. The molecular weight excluding hydrogens is 300 g/mol. The van der Waals surface area contributed by atoms with Crippen LogP contribution in [-0.2, 0) is 12.5 Å². The molecule has 0 fully saturated rings. The molecule has 5 heteroatoms. The minimum atomic E-state index is -0.559. The highest BCUT2D eigenvalue weighted by Gasteiger charge is 2.09. The molecule has 0 N–H and O–H groups in total. The third-order valence-electron chi connectivity index (χ3n) is 2.75. The first kappa shape index (κ1) is 14.6. The molecule has 0 aliphatic heterocycles. The quantitative estimate of drug-likeness (QED) is 0.769. The highest BCUT2D eigenvalue weighted by atomic mass is 35.5. The molecule has 2 aromatic carbocycles. The van der Waals surface area contributed by atoms with Gasteiger partial charge in [0.25, 0.3) is 0 Å². The van der Waals surface area contributed by atoms with Crippen molar-refractivity contribution in [3.63, 3.8) is 0 Å². The summed E-state index contributed by atoms with van der Waals surface area (Å²) in [6.07, 6.45) is 0. The van der Waals surface area contributed by atoms with E-state index in [4.69, 9.17) is 33.2 Å². The van der Waals surface area contributed by atoms with E-state index in [1.807, 2.05) is 0 Å². The first-order chi connectivity index (χ1) is 9.65. The Morgan fingerprint density at radius 3 is 2.70 bits per heavy atom. The topological polar surface area (TPSA) is 33.0 Å². The molecule has 0 spiro atoms. The summed E-state index contributed by atoms with van der Waals surface area (Å²) in [4.78, 5) is 0. The van der Waals surface area contributed by atoms with E-state index < -0.39 is 5.82 Å². The summed E-state index contributed by atoms with van der Waals surface area (Å²) in [6.45, 7) is 0.0207. The normalized spacial score (nSPS) is 10.1. The second-order valence-electron chi connectivity index (χ2n) is 4.06. The lowest BCUT2D eigenvalue weighted by atomic mass is 10.1. The van der Waals surface area contributed by atoms with E-state index in [9.17, 15) is 4.39 Å². The third-order valence-corrected chi connectivity index (χ3v) is 3.27. The fourth-order valence-corrected chi connectivity index (χ4v) is 2.13. The van der Waals surface area contributed by atoms with Gasteiger partial charge in [0, 0.05) is 16.1 Å². The summed E-state index contributed by atoms with van der Waals surface area (Å²) in [5.74, 6) is 0.235. The van der Waals surface area contributed by atoms with Gasteiger partial charge in [0.1, 0.15) is 24.2 Å². The van der Waals surface area contributed by atoms with Crippen LogP contribution in [0.4, 0.5) is 4.39 Å². The Bertz CT molecular complexity index is 667. The van der Waals surface area contributed by atoms with Crippen LogP contribution in [0.5, 0.6) is 5.75 Å². The predicted octanol–water partition coefficient (Wildman–Crippen LogP) is 4.67. The Labute approximate surface area is 126 Å². The van der Waals surface area contributed by atoms with Crippen LogP contribution in [-0.4, -0.2) is 0 Å². The standard InChI is InChI=1S/C15H10Cl2FNO/c16-7-12-6-13(17)4-5-14(12)20-9-11-3-1-2-10(8-19)15(11)18/h1-6H,7,9H2. The molecule has 2 aromatic rings. The van der Waals surface area contributed by atoms with E-state index in [0.717, 1.165) is 5.56 Å². The van der Waals surface area contributed by atoms with Crippen LogP contribution < -0.4 is 4.74 Å². The maximum Gasteiger partial charge on any atom is 0.147 e. The van der Waals surface area contributed by atoms with Crippen LogP contribution in [0.3, 0.4) is 0 Å². The summed E-state index contributed by atoms with van der Waals surface area (Å²) in [7, 11) is 0. The van der Waals surface area contributed by atoms with E-state index in [2.05, 4.69) is 0 Å². The Kier molecular flexibility index (Phi) is 4.84. The van der Waals surface area contributed by atoms with E-state index >= 15 is 0 Å². The van der Waals surface area contributed by atoms with Gasteiger partial charge in [0.2, 0.25) is 0 Å². The van der Waals surface area contributed by atoms with Gasteiger partial charge in [0.05, 0.1) is 11.4 Å². The molecule has 0 atom stereocenters. The number of halogens is 3. The molecule has 2 rings (SSSR count). The van der Waals surface area contributed by atoms with Gasteiger partial charge in [0.15, 0.2) is 0 Å². The molecule has 0 aliphatic rings. The van der Waals surface area contributed by atoms with Gasteiger partial charge < -0.3 is 4.74 Å². The van der Waals surface area contributed by atoms with Crippen molar-refractivity contribution in [2.45, 2.75) is 12.5 Å². The zero-order valence-corrected chi connectivity index (χ0v) is 11.9. The average molecular weight is 310 g/mol. The van der Waals surface area contributed by atoms with Crippen molar-refractivity contribution < 1.29 is 9.13 Å². The van der Waals surface area contributed by atoms with Crippen LogP contribution in [0.15, 0.2) is 36.4 Å². The summed E-state index contributed by atoms with van der Waals surface area (Å²) in [5.41, 5.74) is 1.05. The Balaban J connectivity index is 2.19. The van der Waals surface area contributed by atoms with E-state index in [0.29, 0.717) is 16.3 Å². The van der Waals surface area contributed by atoms with Crippen LogP contribution in [0, 0.1) is 17.1 Å². The maximum atomic E-state index is 13.9. The molecule has 0 radical (unpaired) electrons. The fraction of sp³-hybridized carbons (Fsp3) is 0.133.